The highest BCUT2D eigenvalue weighted by Crippen LogP contribution is 2.26. The maximum Gasteiger partial charge on any atom is 0.390 e. The van der Waals surface area contributed by atoms with Crippen molar-refractivity contribution < 1.29 is 13.2 Å². The zero-order chi connectivity index (χ0) is 13.9. The fourth-order valence-corrected chi connectivity index (χ4v) is 2.82. The Hall–Kier alpha value is -1.03. The molecular formula is C15H20F3N. The molecule has 106 valence electrons. The van der Waals surface area contributed by atoms with Crippen molar-refractivity contribution in [1.82, 2.24) is 5.32 Å². The molecule has 0 aliphatic heterocycles. The topological polar surface area (TPSA) is 12.0 Å². The molecule has 0 saturated heterocycles. The van der Waals surface area contributed by atoms with Gasteiger partial charge in [-0.3, -0.25) is 0 Å². The van der Waals surface area contributed by atoms with Crippen LogP contribution in [0.25, 0.3) is 0 Å². The van der Waals surface area contributed by atoms with Gasteiger partial charge in [0, 0.05) is 6.04 Å². The van der Waals surface area contributed by atoms with Gasteiger partial charge in [0.15, 0.2) is 0 Å². The highest BCUT2D eigenvalue weighted by molar-refractivity contribution is 5.35. The molecule has 0 saturated carbocycles. The minimum absolute atomic E-state index is 0.445. The molecule has 1 atom stereocenters. The summed E-state index contributed by atoms with van der Waals surface area (Å²) in [5.41, 5.74) is 3.69. The molecule has 1 aliphatic carbocycles. The van der Waals surface area contributed by atoms with E-state index in [1.807, 2.05) is 13.0 Å². The van der Waals surface area contributed by atoms with Gasteiger partial charge >= 0.3 is 6.18 Å². The number of benzene rings is 1. The Labute approximate surface area is 112 Å². The van der Waals surface area contributed by atoms with Crippen LogP contribution in [0.1, 0.15) is 36.5 Å². The second kappa shape index (κ2) is 5.95. The number of aryl methyl sites for hydroxylation is 2. The summed E-state index contributed by atoms with van der Waals surface area (Å²) in [6.45, 7) is 2.40. The number of hydrogen-bond donors (Lipinski definition) is 1. The summed E-state index contributed by atoms with van der Waals surface area (Å²) in [4.78, 5) is 0. The molecule has 0 spiro atoms. The van der Waals surface area contributed by atoms with E-state index in [9.17, 15) is 13.2 Å². The van der Waals surface area contributed by atoms with Crippen molar-refractivity contribution >= 4 is 0 Å². The highest BCUT2D eigenvalue weighted by Gasteiger charge is 2.31. The second-order valence-corrected chi connectivity index (χ2v) is 5.23. The smallest absolute Gasteiger partial charge is 0.314 e. The van der Waals surface area contributed by atoms with Crippen LogP contribution >= 0.6 is 0 Å². The summed E-state index contributed by atoms with van der Waals surface area (Å²) in [5.74, 6) is 0. The number of hydrogen-bond acceptors (Lipinski definition) is 1. The van der Waals surface area contributed by atoms with Gasteiger partial charge in [-0.2, -0.15) is 13.2 Å². The van der Waals surface area contributed by atoms with E-state index in [0.29, 0.717) is 13.0 Å². The van der Waals surface area contributed by atoms with Gasteiger partial charge in [-0.05, 0) is 48.9 Å². The number of halogens is 3. The predicted octanol–water partition coefficient (Wildman–Crippen LogP) is 3.65. The number of nitrogens with one attached hydrogen (secondary N) is 1. The number of likely N-dealkylation sites (N-methyl/N-ethyl adjacent to an activating group) is 1. The molecule has 2 rings (SSSR count). The molecule has 1 N–H and O–H groups in total. The van der Waals surface area contributed by atoms with E-state index in [4.69, 9.17) is 0 Å². The summed E-state index contributed by atoms with van der Waals surface area (Å²) in [5, 5.41) is 2.94. The molecule has 1 aromatic carbocycles. The van der Waals surface area contributed by atoms with Crippen molar-refractivity contribution in [2.24, 2.45) is 0 Å². The summed E-state index contributed by atoms with van der Waals surface area (Å²) in [6, 6.07) is 5.62. The van der Waals surface area contributed by atoms with E-state index >= 15 is 0 Å². The highest BCUT2D eigenvalue weighted by atomic mass is 19.4. The first-order chi connectivity index (χ1) is 8.98. The van der Waals surface area contributed by atoms with Crippen LogP contribution in [0.4, 0.5) is 13.2 Å². The van der Waals surface area contributed by atoms with Crippen LogP contribution in [0, 0.1) is 0 Å². The summed E-state index contributed by atoms with van der Waals surface area (Å²) in [7, 11) is 0. The Morgan fingerprint density at radius 2 is 1.95 bits per heavy atom. The van der Waals surface area contributed by atoms with Crippen molar-refractivity contribution in [3.05, 3.63) is 34.9 Å². The molecular weight excluding hydrogens is 251 g/mol. The third-order valence-corrected chi connectivity index (χ3v) is 3.62. The Morgan fingerprint density at radius 1 is 1.21 bits per heavy atom. The van der Waals surface area contributed by atoms with E-state index in [1.165, 1.54) is 11.1 Å². The van der Waals surface area contributed by atoms with Crippen molar-refractivity contribution in [2.75, 3.05) is 6.54 Å². The second-order valence-electron chi connectivity index (χ2n) is 5.23. The molecule has 1 unspecified atom stereocenters. The average Bonchev–Trinajstić information content (AvgIpc) is 2.74. The number of alkyl halides is 3. The SMILES string of the molecule is CCNC(Cc1ccc2c(c1)CCC2)CC(F)(F)F. The first-order valence-electron chi connectivity index (χ1n) is 6.89. The predicted molar refractivity (Wildman–Crippen MR) is 70.3 cm³/mol. The minimum atomic E-state index is -4.11. The molecule has 1 nitrogen and oxygen atoms in total. The largest absolute Gasteiger partial charge is 0.390 e. The van der Waals surface area contributed by atoms with Crippen molar-refractivity contribution in [1.29, 1.82) is 0 Å². The zero-order valence-corrected chi connectivity index (χ0v) is 11.2. The maximum absolute atomic E-state index is 12.5. The first kappa shape index (κ1) is 14.4. The molecule has 0 radical (unpaired) electrons. The average molecular weight is 271 g/mol. The summed E-state index contributed by atoms with van der Waals surface area (Å²) < 4.78 is 37.5. The fraction of sp³-hybridized carbons (Fsp3) is 0.600. The standard InChI is InChI=1S/C15H20F3N/c1-2-19-14(10-15(16,17)18)9-11-6-7-12-4-3-5-13(12)8-11/h6-8,14,19H,2-5,9-10H2,1H3. The van der Waals surface area contributed by atoms with Crippen LogP contribution in [0.5, 0.6) is 0 Å². The van der Waals surface area contributed by atoms with Gasteiger partial charge in [-0.25, -0.2) is 0 Å². The van der Waals surface area contributed by atoms with Gasteiger partial charge in [-0.1, -0.05) is 25.1 Å². The van der Waals surface area contributed by atoms with Crippen LogP contribution < -0.4 is 5.32 Å². The zero-order valence-electron chi connectivity index (χ0n) is 11.2. The van der Waals surface area contributed by atoms with Crippen LogP contribution in [-0.2, 0) is 19.3 Å². The van der Waals surface area contributed by atoms with Crippen LogP contribution in [-0.4, -0.2) is 18.8 Å². The van der Waals surface area contributed by atoms with Crippen LogP contribution in [0.2, 0.25) is 0 Å². The molecule has 0 fully saturated rings. The molecule has 1 aliphatic rings. The van der Waals surface area contributed by atoms with Gasteiger partial charge in [0.2, 0.25) is 0 Å². The van der Waals surface area contributed by atoms with E-state index in [-0.39, 0.29) is 0 Å². The Kier molecular flexibility index (Phi) is 4.50. The van der Waals surface area contributed by atoms with Gasteiger partial charge in [0.1, 0.15) is 0 Å². The van der Waals surface area contributed by atoms with Crippen molar-refractivity contribution in [3.8, 4) is 0 Å². The van der Waals surface area contributed by atoms with Gasteiger partial charge < -0.3 is 5.32 Å². The normalized spacial score (nSPS) is 16.4. The summed E-state index contributed by atoms with van der Waals surface area (Å²) >= 11 is 0. The Balaban J connectivity index is 2.04. The third kappa shape index (κ3) is 4.23. The van der Waals surface area contributed by atoms with Crippen molar-refractivity contribution in [3.63, 3.8) is 0 Å². The van der Waals surface area contributed by atoms with E-state index in [1.54, 1.807) is 0 Å². The monoisotopic (exact) mass is 271 g/mol. The summed E-state index contributed by atoms with van der Waals surface area (Å²) in [6.07, 6.45) is -1.09. The lowest BCUT2D eigenvalue weighted by Crippen LogP contribution is -2.35. The van der Waals surface area contributed by atoms with Gasteiger partial charge in [0.25, 0.3) is 0 Å². The first-order valence-corrected chi connectivity index (χ1v) is 6.89. The molecule has 1 aromatic rings. The van der Waals surface area contributed by atoms with E-state index < -0.39 is 18.6 Å². The lowest BCUT2D eigenvalue weighted by atomic mass is 9.99. The maximum atomic E-state index is 12.5. The van der Waals surface area contributed by atoms with Crippen molar-refractivity contribution in [2.45, 2.75) is 51.2 Å². The minimum Gasteiger partial charge on any atom is -0.314 e. The fourth-order valence-electron chi connectivity index (χ4n) is 2.82. The van der Waals surface area contributed by atoms with Gasteiger partial charge in [0.05, 0.1) is 6.42 Å². The van der Waals surface area contributed by atoms with E-state index in [2.05, 4.69) is 17.4 Å². The Bertz CT molecular complexity index is 426. The Morgan fingerprint density at radius 3 is 2.63 bits per heavy atom. The number of rotatable bonds is 5. The molecule has 0 bridgehead atoms. The van der Waals surface area contributed by atoms with E-state index in [0.717, 1.165) is 24.8 Å². The molecule has 0 heterocycles. The molecule has 0 aromatic heterocycles. The third-order valence-electron chi connectivity index (χ3n) is 3.62. The van der Waals surface area contributed by atoms with Crippen LogP contribution in [0.3, 0.4) is 0 Å². The quantitative estimate of drug-likeness (QED) is 0.862. The van der Waals surface area contributed by atoms with Gasteiger partial charge in [-0.15, -0.1) is 0 Å². The molecule has 0 amide bonds. The molecule has 4 heteroatoms. The lowest BCUT2D eigenvalue weighted by molar-refractivity contribution is -0.139. The lowest BCUT2D eigenvalue weighted by Gasteiger charge is -2.20. The molecule has 19 heavy (non-hydrogen) atoms. The number of fused-ring (bicyclic) bond motifs is 1. The van der Waals surface area contributed by atoms with Crippen LogP contribution in [0.15, 0.2) is 18.2 Å².